The number of hydrogen-bond donors (Lipinski definition) is 0. The van der Waals surface area contributed by atoms with Gasteiger partial charge in [-0.05, 0) is 0 Å². The third kappa shape index (κ3) is 1260. The fourth-order valence-electron chi connectivity index (χ4n) is 0. The van der Waals surface area contributed by atoms with Crippen LogP contribution in [-0.4, -0.2) is 39.4 Å². The summed E-state index contributed by atoms with van der Waals surface area (Å²) in [6.07, 6.45) is 0. The van der Waals surface area contributed by atoms with Crippen LogP contribution in [0.15, 0.2) is 0 Å². The molecule has 0 saturated heterocycles. The van der Waals surface area contributed by atoms with Gasteiger partial charge in [-0.25, -0.2) is 0 Å². The van der Waals surface area contributed by atoms with Crippen molar-refractivity contribution in [2.45, 2.75) is 0 Å². The minimum absolute atomic E-state index is 0. The van der Waals surface area contributed by atoms with E-state index in [4.69, 9.17) is 17.5 Å². The molecule has 0 atom stereocenters. The van der Waals surface area contributed by atoms with E-state index < -0.39 is 10.4 Å². The number of rotatable bonds is 0. The van der Waals surface area contributed by atoms with E-state index in [2.05, 4.69) is 0 Å². The van der Waals surface area contributed by atoms with Gasteiger partial charge in [-0.1, -0.05) is 0 Å². The zero-order valence-electron chi connectivity index (χ0n) is 4.75. The molecule has 0 aromatic heterocycles. The molecule has 0 radical (unpaired) electrons. The molecule has 0 fully saturated rings. The Morgan fingerprint density at radius 1 is 0.800 bits per heavy atom. The molecule has 0 bridgehead atoms. The monoisotopic (exact) mass is 282 g/mol. The van der Waals surface area contributed by atoms with Crippen molar-refractivity contribution >= 4 is 10.4 Å². The Morgan fingerprint density at radius 2 is 0.800 bits per heavy atom. The van der Waals surface area contributed by atoms with E-state index in [1.165, 1.54) is 0 Å². The van der Waals surface area contributed by atoms with Crippen LogP contribution >= 0.6 is 0 Å². The van der Waals surface area contributed by atoms with Crippen molar-refractivity contribution in [3.63, 3.8) is 0 Å². The molecule has 0 spiro atoms. The van der Waals surface area contributed by atoms with Crippen LogP contribution in [0.3, 0.4) is 0 Å². The first-order chi connectivity index (χ1) is 2.00. The first kappa shape index (κ1) is 46.0. The standard InChI is InChI=1S/Cd.H2O4S.4H2O/c;1-5(2,3)4;;;;/h;(H2,1,2,3,4);4*1H2/q+2;;;;;/p-2. The quantitative estimate of drug-likeness (QED) is 0.243. The molecule has 64 valence electrons. The van der Waals surface area contributed by atoms with Crippen LogP contribution in [0.5, 0.6) is 0 Å². The van der Waals surface area contributed by atoms with Crippen LogP contribution < -0.4 is 0 Å². The van der Waals surface area contributed by atoms with Crippen molar-refractivity contribution in [2.24, 2.45) is 0 Å². The second-order valence-electron chi connectivity index (χ2n) is 0.408. The van der Waals surface area contributed by atoms with Gasteiger partial charge in [0.15, 0.2) is 0 Å². The van der Waals surface area contributed by atoms with Gasteiger partial charge in [0, 0.05) is 10.4 Å². The molecule has 0 aromatic rings. The molecule has 10 heavy (non-hydrogen) atoms. The van der Waals surface area contributed by atoms with Gasteiger partial charge >= 0.3 is 27.3 Å². The molecule has 0 aliphatic rings. The van der Waals surface area contributed by atoms with Crippen LogP contribution in [0.2, 0.25) is 0 Å². The maximum absolute atomic E-state index is 8.52. The maximum Gasteiger partial charge on any atom is 2.00 e. The van der Waals surface area contributed by atoms with Crippen molar-refractivity contribution in [3.05, 3.63) is 0 Å². The molecule has 8 nitrogen and oxygen atoms in total. The Balaban J connectivity index is -0.00000000800. The van der Waals surface area contributed by atoms with E-state index in [1.807, 2.05) is 0 Å². The van der Waals surface area contributed by atoms with Gasteiger partial charge < -0.3 is 31.0 Å². The Morgan fingerprint density at radius 3 is 0.800 bits per heavy atom. The van der Waals surface area contributed by atoms with Crippen LogP contribution in [0, 0.1) is 0 Å². The predicted molar refractivity (Wildman–Crippen MR) is 24.9 cm³/mol. The van der Waals surface area contributed by atoms with Crippen LogP contribution in [-0.2, 0) is 37.7 Å². The van der Waals surface area contributed by atoms with Gasteiger partial charge in [-0.15, -0.1) is 0 Å². The first-order valence-electron chi connectivity index (χ1n) is 0.667. The second-order valence-corrected chi connectivity index (χ2v) is 1.22. The van der Waals surface area contributed by atoms with E-state index in [0.717, 1.165) is 0 Å². The van der Waals surface area contributed by atoms with Crippen molar-refractivity contribution in [2.75, 3.05) is 0 Å². The van der Waals surface area contributed by atoms with E-state index in [1.54, 1.807) is 0 Å². The molecule has 0 amide bonds. The summed E-state index contributed by atoms with van der Waals surface area (Å²) < 4.78 is 34.1. The molecule has 0 rings (SSSR count). The van der Waals surface area contributed by atoms with Crippen LogP contribution in [0.4, 0.5) is 0 Å². The van der Waals surface area contributed by atoms with Gasteiger partial charge in [0.1, 0.15) is 0 Å². The third-order valence-electron chi connectivity index (χ3n) is 0. The van der Waals surface area contributed by atoms with E-state index in [0.29, 0.717) is 0 Å². The molecule has 0 aliphatic heterocycles. The van der Waals surface area contributed by atoms with Gasteiger partial charge in [0.2, 0.25) is 0 Å². The Bertz CT molecular complexity index is 92.4. The topological polar surface area (TPSA) is 206 Å². The Hall–Kier alpha value is 0.632. The molecule has 0 aliphatic carbocycles. The van der Waals surface area contributed by atoms with Gasteiger partial charge in [-0.2, -0.15) is 0 Å². The summed E-state index contributed by atoms with van der Waals surface area (Å²) in [6.45, 7) is 0. The molecule has 0 heterocycles. The zero-order valence-corrected chi connectivity index (χ0v) is 9.60. The molecule has 10 heteroatoms. The van der Waals surface area contributed by atoms with Crippen LogP contribution in [0.1, 0.15) is 0 Å². The van der Waals surface area contributed by atoms with Crippen molar-refractivity contribution in [3.8, 4) is 0 Å². The molecule has 0 aromatic carbocycles. The summed E-state index contributed by atoms with van der Waals surface area (Å²) in [4.78, 5) is 0. The average Bonchev–Trinajstić information content (AvgIpc) is 0.722. The summed E-state index contributed by atoms with van der Waals surface area (Å²) in [6, 6.07) is 0. The minimum atomic E-state index is -5.17. The summed E-state index contributed by atoms with van der Waals surface area (Å²) in [5.41, 5.74) is 0. The maximum atomic E-state index is 8.52. The molecule has 0 unspecified atom stereocenters. The fourth-order valence-corrected chi connectivity index (χ4v) is 0. The predicted octanol–water partition coefficient (Wildman–Crippen LogP) is -4.64. The summed E-state index contributed by atoms with van der Waals surface area (Å²) in [5.74, 6) is 0. The van der Waals surface area contributed by atoms with Crippen molar-refractivity contribution < 1.29 is 66.7 Å². The fraction of sp³-hybridized carbons (Fsp3) is 0. The first-order valence-corrected chi connectivity index (χ1v) is 2.00. The van der Waals surface area contributed by atoms with E-state index >= 15 is 0 Å². The van der Waals surface area contributed by atoms with E-state index in [-0.39, 0.29) is 49.2 Å². The van der Waals surface area contributed by atoms with Crippen LogP contribution in [0.25, 0.3) is 0 Å². The summed E-state index contributed by atoms with van der Waals surface area (Å²) in [5, 5.41) is 0. The smallest absolute Gasteiger partial charge is 0.759 e. The minimum Gasteiger partial charge on any atom is -0.759 e. The molecular formula is H8CdO8S. The third-order valence-corrected chi connectivity index (χ3v) is 0. The summed E-state index contributed by atoms with van der Waals surface area (Å²) in [7, 11) is -5.17. The van der Waals surface area contributed by atoms with Crippen molar-refractivity contribution in [1.82, 2.24) is 0 Å². The zero-order chi connectivity index (χ0) is 4.50. The van der Waals surface area contributed by atoms with E-state index in [9.17, 15) is 0 Å². The molecule has 0 saturated carbocycles. The molecule has 8 N–H and O–H groups in total. The van der Waals surface area contributed by atoms with Gasteiger partial charge in [-0.3, -0.25) is 8.42 Å². The normalized spacial score (nSPS) is 5.80. The van der Waals surface area contributed by atoms with Gasteiger partial charge in [0.05, 0.1) is 0 Å². The second kappa shape index (κ2) is 16.3. The van der Waals surface area contributed by atoms with Gasteiger partial charge in [0.25, 0.3) is 0 Å². The Labute approximate surface area is 77.2 Å². The average molecular weight is 281 g/mol. The SMILES string of the molecule is O.O.O.O.O=S(=O)([O-])[O-].[Cd+2]. The largest absolute Gasteiger partial charge is 2.00 e. The summed E-state index contributed by atoms with van der Waals surface area (Å²) >= 11 is 0. The van der Waals surface area contributed by atoms with Crippen molar-refractivity contribution in [1.29, 1.82) is 0 Å². The molecular weight excluding hydrogens is 272 g/mol. The Kier molecular flexibility index (Phi) is 75.0. The number of hydrogen-bond acceptors (Lipinski definition) is 4.